The molecule has 9 heteroatoms. The van der Waals surface area contributed by atoms with Gasteiger partial charge in [0.15, 0.2) is 5.82 Å². The van der Waals surface area contributed by atoms with Gasteiger partial charge < -0.3 is 21.1 Å². The van der Waals surface area contributed by atoms with Gasteiger partial charge in [-0.15, -0.1) is 0 Å². The van der Waals surface area contributed by atoms with Crippen molar-refractivity contribution in [3.05, 3.63) is 41.6 Å². The molecule has 1 aromatic carbocycles. The van der Waals surface area contributed by atoms with E-state index in [2.05, 4.69) is 21.8 Å². The van der Waals surface area contributed by atoms with Crippen LogP contribution in [-0.4, -0.2) is 33.9 Å². The minimum atomic E-state index is -0.735. The topological polar surface area (TPSA) is 135 Å². The monoisotopic (exact) mass is 440 g/mol. The number of amides is 2. The average Bonchev–Trinajstić information content (AvgIpc) is 3.12. The molecule has 0 saturated heterocycles. The summed E-state index contributed by atoms with van der Waals surface area (Å²) in [6.07, 6.45) is 2.15. The third-order valence-corrected chi connectivity index (χ3v) is 5.10. The van der Waals surface area contributed by atoms with Crippen LogP contribution in [0.3, 0.4) is 0 Å². The molecule has 1 atom stereocenters. The molecule has 0 spiro atoms. The summed E-state index contributed by atoms with van der Waals surface area (Å²) in [6.45, 7) is 9.55. The number of aromatic nitrogens is 2. The van der Waals surface area contributed by atoms with Gasteiger partial charge in [-0.1, -0.05) is 24.6 Å². The summed E-state index contributed by atoms with van der Waals surface area (Å²) in [4.78, 5) is 24.1. The predicted octanol–water partition coefficient (Wildman–Crippen LogP) is 3.97. The van der Waals surface area contributed by atoms with Crippen molar-refractivity contribution >= 4 is 23.5 Å². The van der Waals surface area contributed by atoms with Gasteiger partial charge >= 0.3 is 6.09 Å². The second kappa shape index (κ2) is 10.2. The molecular weight excluding hydrogens is 408 g/mol. The summed E-state index contributed by atoms with van der Waals surface area (Å²) in [5.74, 6) is -0.308. The maximum atomic E-state index is 12.1. The van der Waals surface area contributed by atoms with E-state index < -0.39 is 23.1 Å². The van der Waals surface area contributed by atoms with E-state index >= 15 is 0 Å². The number of benzene rings is 1. The second-order valence-corrected chi connectivity index (χ2v) is 8.78. The van der Waals surface area contributed by atoms with Crippen molar-refractivity contribution in [2.45, 2.75) is 65.0 Å². The van der Waals surface area contributed by atoms with Crippen molar-refractivity contribution in [3.63, 3.8) is 0 Å². The SMILES string of the molecule is CCC(CC#N)(CCNC(=O)OC(C)(C)C)n1cc(C(N)=O)c(Nc2ccc(C)cc2)n1. The molecule has 1 unspecified atom stereocenters. The summed E-state index contributed by atoms with van der Waals surface area (Å²) < 4.78 is 6.89. The first-order valence-corrected chi connectivity index (χ1v) is 10.6. The van der Waals surface area contributed by atoms with Crippen molar-refractivity contribution in [2.24, 2.45) is 5.73 Å². The zero-order valence-electron chi connectivity index (χ0n) is 19.4. The molecule has 0 aliphatic rings. The highest BCUT2D eigenvalue weighted by atomic mass is 16.6. The molecule has 9 nitrogen and oxygen atoms in total. The minimum Gasteiger partial charge on any atom is -0.444 e. The van der Waals surface area contributed by atoms with Crippen LogP contribution in [0.15, 0.2) is 30.5 Å². The van der Waals surface area contributed by atoms with Crippen molar-refractivity contribution in [2.75, 3.05) is 11.9 Å². The largest absolute Gasteiger partial charge is 0.444 e. The van der Waals surface area contributed by atoms with Crippen LogP contribution in [0.4, 0.5) is 16.3 Å². The fourth-order valence-electron chi connectivity index (χ4n) is 3.27. The van der Waals surface area contributed by atoms with Crippen LogP contribution in [0.5, 0.6) is 0 Å². The number of nitrogens with zero attached hydrogens (tertiary/aromatic N) is 3. The van der Waals surface area contributed by atoms with Gasteiger partial charge in [-0.2, -0.15) is 10.4 Å². The fourth-order valence-corrected chi connectivity index (χ4v) is 3.27. The van der Waals surface area contributed by atoms with Crippen molar-refractivity contribution in [3.8, 4) is 6.07 Å². The van der Waals surface area contributed by atoms with E-state index in [0.717, 1.165) is 11.3 Å². The highest BCUT2D eigenvalue weighted by molar-refractivity contribution is 5.98. The average molecular weight is 441 g/mol. The number of hydrogen-bond donors (Lipinski definition) is 3. The highest BCUT2D eigenvalue weighted by Gasteiger charge is 2.33. The van der Waals surface area contributed by atoms with Gasteiger partial charge in [0, 0.05) is 18.4 Å². The lowest BCUT2D eigenvalue weighted by molar-refractivity contribution is 0.0519. The van der Waals surface area contributed by atoms with Crippen molar-refractivity contribution < 1.29 is 14.3 Å². The molecule has 0 fully saturated rings. The lowest BCUT2D eigenvalue weighted by Crippen LogP contribution is -2.39. The normalized spacial score (nSPS) is 13.0. The molecule has 2 rings (SSSR count). The number of hydrogen-bond acceptors (Lipinski definition) is 6. The number of nitrogens with one attached hydrogen (secondary N) is 2. The lowest BCUT2D eigenvalue weighted by Gasteiger charge is -2.31. The molecule has 0 aliphatic carbocycles. The van der Waals surface area contributed by atoms with Crippen molar-refractivity contribution in [1.82, 2.24) is 15.1 Å². The van der Waals surface area contributed by atoms with Crippen LogP contribution < -0.4 is 16.4 Å². The molecule has 32 heavy (non-hydrogen) atoms. The Kier molecular flexibility index (Phi) is 7.87. The van der Waals surface area contributed by atoms with Gasteiger partial charge in [0.25, 0.3) is 5.91 Å². The zero-order chi connectivity index (χ0) is 23.9. The Morgan fingerprint density at radius 1 is 1.25 bits per heavy atom. The Hall–Kier alpha value is -3.54. The smallest absolute Gasteiger partial charge is 0.407 e. The molecule has 1 aromatic heterocycles. The number of anilines is 2. The number of alkyl carbamates (subject to hydrolysis) is 1. The number of carbonyl (C=O) groups is 2. The zero-order valence-corrected chi connectivity index (χ0v) is 19.4. The molecule has 4 N–H and O–H groups in total. The Labute approximate surface area is 188 Å². The highest BCUT2D eigenvalue weighted by Crippen LogP contribution is 2.31. The maximum absolute atomic E-state index is 12.1. The third kappa shape index (κ3) is 6.48. The number of carbonyl (C=O) groups excluding carboxylic acids is 2. The molecule has 0 bridgehead atoms. The summed E-state index contributed by atoms with van der Waals surface area (Å²) >= 11 is 0. The molecule has 172 valence electrons. The second-order valence-electron chi connectivity index (χ2n) is 8.78. The molecule has 0 radical (unpaired) electrons. The van der Waals surface area contributed by atoms with Gasteiger partial charge in [0.05, 0.1) is 18.0 Å². The molecule has 0 aliphatic heterocycles. The van der Waals surface area contributed by atoms with Gasteiger partial charge in [-0.25, -0.2) is 4.79 Å². The van der Waals surface area contributed by atoms with Crippen molar-refractivity contribution in [1.29, 1.82) is 5.26 Å². The van der Waals surface area contributed by atoms with Gasteiger partial charge in [-0.3, -0.25) is 9.48 Å². The quantitative estimate of drug-likeness (QED) is 0.540. The summed E-state index contributed by atoms with van der Waals surface area (Å²) in [6, 6.07) is 9.85. The van der Waals surface area contributed by atoms with E-state index in [1.807, 2.05) is 38.1 Å². The lowest BCUT2D eigenvalue weighted by atomic mass is 9.89. The van der Waals surface area contributed by atoms with Crippen LogP contribution in [0, 0.1) is 18.3 Å². The molecular formula is C23H32N6O3. The fraction of sp³-hybridized carbons (Fsp3) is 0.478. The van der Waals surface area contributed by atoms with Gasteiger partial charge in [0.1, 0.15) is 11.2 Å². The number of ether oxygens (including phenoxy) is 1. The molecule has 2 amide bonds. The number of nitriles is 1. The summed E-state index contributed by atoms with van der Waals surface area (Å²) in [5, 5.41) is 19.9. The van der Waals surface area contributed by atoms with Crippen LogP contribution in [0.1, 0.15) is 62.9 Å². The predicted molar refractivity (Wildman–Crippen MR) is 123 cm³/mol. The van der Waals surface area contributed by atoms with E-state index in [0.29, 0.717) is 18.7 Å². The van der Waals surface area contributed by atoms with Crippen LogP contribution >= 0.6 is 0 Å². The van der Waals surface area contributed by atoms with Crippen LogP contribution in [-0.2, 0) is 10.3 Å². The Morgan fingerprint density at radius 2 is 1.91 bits per heavy atom. The van der Waals surface area contributed by atoms with E-state index in [9.17, 15) is 14.9 Å². The van der Waals surface area contributed by atoms with Gasteiger partial charge in [-0.05, 0) is 52.7 Å². The Bertz CT molecular complexity index is 985. The van der Waals surface area contributed by atoms with E-state index in [1.54, 1.807) is 31.6 Å². The van der Waals surface area contributed by atoms with Crippen LogP contribution in [0.25, 0.3) is 0 Å². The number of nitrogens with two attached hydrogens (primary N) is 1. The Balaban J connectivity index is 2.29. The van der Waals surface area contributed by atoms with Gasteiger partial charge in [0.2, 0.25) is 0 Å². The molecule has 1 heterocycles. The third-order valence-electron chi connectivity index (χ3n) is 5.10. The summed E-state index contributed by atoms with van der Waals surface area (Å²) in [7, 11) is 0. The summed E-state index contributed by atoms with van der Waals surface area (Å²) in [5.41, 5.74) is 6.34. The minimum absolute atomic E-state index is 0.142. The first-order chi connectivity index (χ1) is 15.0. The standard InChI is InChI=1S/C23H32N6O3/c1-6-23(11-13-24,12-14-26-21(31)32-22(3,4)5)29-15-18(19(25)30)20(28-29)27-17-9-7-16(2)8-10-17/h7-10,15H,6,11-12,14H2,1-5H3,(H2,25,30)(H,26,31)(H,27,28). The first-order valence-electron chi connectivity index (χ1n) is 10.6. The molecule has 0 saturated carbocycles. The number of primary amides is 1. The van der Waals surface area contributed by atoms with Crippen LogP contribution in [0.2, 0.25) is 0 Å². The van der Waals surface area contributed by atoms with E-state index in [1.165, 1.54) is 0 Å². The Morgan fingerprint density at radius 3 is 2.44 bits per heavy atom. The number of aryl methyl sites for hydroxylation is 1. The maximum Gasteiger partial charge on any atom is 0.407 e. The van der Waals surface area contributed by atoms with E-state index in [4.69, 9.17) is 10.5 Å². The molecule has 2 aromatic rings. The number of rotatable bonds is 9. The first kappa shape index (κ1) is 24.7. The van der Waals surface area contributed by atoms with E-state index in [-0.39, 0.29) is 18.5 Å².